The molecule has 0 aliphatic heterocycles. The van der Waals surface area contributed by atoms with Crippen molar-refractivity contribution in [2.75, 3.05) is 6.54 Å². The number of likely N-dealkylation sites (N-methyl/N-ethyl adjacent to an activating group) is 1. The van der Waals surface area contributed by atoms with Crippen LogP contribution < -0.4 is 5.32 Å². The van der Waals surface area contributed by atoms with Crippen LogP contribution in [0, 0.1) is 6.92 Å². The molecule has 1 heterocycles. The molecule has 0 fully saturated rings. The zero-order valence-electron chi connectivity index (χ0n) is 11.0. The van der Waals surface area contributed by atoms with Gasteiger partial charge in [-0.3, -0.25) is 0 Å². The zero-order chi connectivity index (χ0) is 13.8. The first-order valence-corrected chi connectivity index (χ1v) is 7.08. The third-order valence-corrected chi connectivity index (χ3v) is 3.64. The molecular formula is C15H17Cl2NO. The van der Waals surface area contributed by atoms with Gasteiger partial charge in [0.15, 0.2) is 0 Å². The van der Waals surface area contributed by atoms with Crippen LogP contribution in [-0.4, -0.2) is 6.54 Å². The Morgan fingerprint density at radius 1 is 1.26 bits per heavy atom. The predicted octanol–water partition coefficient (Wildman–Crippen LogP) is 4.79. The summed E-state index contributed by atoms with van der Waals surface area (Å²) in [4.78, 5) is 0. The molecule has 0 saturated carbocycles. The summed E-state index contributed by atoms with van der Waals surface area (Å²) in [7, 11) is 0. The van der Waals surface area contributed by atoms with Gasteiger partial charge in [0.1, 0.15) is 5.76 Å². The lowest BCUT2D eigenvalue weighted by atomic mass is 10.0. The Bertz CT molecular complexity index is 551. The lowest BCUT2D eigenvalue weighted by molar-refractivity contribution is 0.511. The average Bonchev–Trinajstić information content (AvgIpc) is 2.80. The molecule has 1 aromatic carbocycles. The van der Waals surface area contributed by atoms with Crippen LogP contribution in [-0.2, 0) is 6.42 Å². The molecule has 0 aliphatic carbocycles. The maximum atomic E-state index is 6.22. The number of furan rings is 1. The van der Waals surface area contributed by atoms with Crippen molar-refractivity contribution < 1.29 is 4.42 Å². The van der Waals surface area contributed by atoms with Gasteiger partial charge in [-0.2, -0.15) is 0 Å². The number of hydrogen-bond acceptors (Lipinski definition) is 2. The van der Waals surface area contributed by atoms with Gasteiger partial charge in [-0.1, -0.05) is 30.1 Å². The number of benzene rings is 1. The Morgan fingerprint density at radius 2 is 2.05 bits per heavy atom. The van der Waals surface area contributed by atoms with Crippen molar-refractivity contribution in [2.24, 2.45) is 0 Å². The molecule has 0 amide bonds. The largest absolute Gasteiger partial charge is 0.469 e. The lowest BCUT2D eigenvalue weighted by Gasteiger charge is -2.17. The number of hydrogen-bond donors (Lipinski definition) is 1. The number of aryl methyl sites for hydroxylation is 1. The first-order valence-electron chi connectivity index (χ1n) is 6.32. The summed E-state index contributed by atoms with van der Waals surface area (Å²) >= 11 is 12.3. The molecule has 2 rings (SSSR count). The van der Waals surface area contributed by atoms with Gasteiger partial charge in [-0.05, 0) is 49.7 Å². The molecule has 4 heteroatoms. The minimum atomic E-state index is 0.179. The Hall–Kier alpha value is -0.960. The van der Waals surface area contributed by atoms with Crippen molar-refractivity contribution in [1.29, 1.82) is 0 Å². The molecule has 2 aromatic rings. The molecule has 0 radical (unpaired) electrons. The van der Waals surface area contributed by atoms with E-state index in [2.05, 4.69) is 12.2 Å². The summed E-state index contributed by atoms with van der Waals surface area (Å²) in [6, 6.07) is 7.78. The molecule has 0 saturated heterocycles. The summed E-state index contributed by atoms with van der Waals surface area (Å²) in [5, 5.41) is 4.90. The minimum absolute atomic E-state index is 0.179. The molecule has 102 valence electrons. The van der Waals surface area contributed by atoms with Crippen molar-refractivity contribution in [3.63, 3.8) is 0 Å². The summed E-state index contributed by atoms with van der Waals surface area (Å²) in [6.45, 7) is 4.91. The van der Waals surface area contributed by atoms with E-state index in [1.807, 2.05) is 25.1 Å². The summed E-state index contributed by atoms with van der Waals surface area (Å²) in [5.74, 6) is 0.912. The standard InChI is InChI=1S/C15H17Cl2NO/c1-3-18-15(12-6-10(2)19-9-12)8-11-7-13(16)4-5-14(11)17/h4-7,9,15,18H,3,8H2,1-2H3. The quantitative estimate of drug-likeness (QED) is 0.858. The van der Waals surface area contributed by atoms with E-state index in [4.69, 9.17) is 27.6 Å². The maximum absolute atomic E-state index is 6.22. The summed E-state index contributed by atoms with van der Waals surface area (Å²) in [5.41, 5.74) is 2.18. The Kier molecular flexibility index (Phi) is 4.92. The van der Waals surface area contributed by atoms with Crippen molar-refractivity contribution in [3.05, 3.63) is 57.5 Å². The number of nitrogens with one attached hydrogen (secondary N) is 1. The summed E-state index contributed by atoms with van der Waals surface area (Å²) in [6.07, 6.45) is 2.58. The normalized spacial score (nSPS) is 12.6. The maximum Gasteiger partial charge on any atom is 0.101 e. The molecule has 1 aromatic heterocycles. The molecule has 19 heavy (non-hydrogen) atoms. The van der Waals surface area contributed by atoms with Crippen LogP contribution in [0.5, 0.6) is 0 Å². The van der Waals surface area contributed by atoms with E-state index < -0.39 is 0 Å². The second kappa shape index (κ2) is 6.47. The van der Waals surface area contributed by atoms with Gasteiger partial charge in [0.05, 0.1) is 6.26 Å². The number of halogens is 2. The van der Waals surface area contributed by atoms with Crippen LogP contribution >= 0.6 is 23.2 Å². The second-order valence-corrected chi connectivity index (χ2v) is 5.38. The SMILES string of the molecule is CCNC(Cc1cc(Cl)ccc1Cl)c1coc(C)c1. The van der Waals surface area contributed by atoms with Gasteiger partial charge in [-0.25, -0.2) is 0 Å². The Labute approximate surface area is 123 Å². The van der Waals surface area contributed by atoms with Crippen molar-refractivity contribution in [2.45, 2.75) is 26.3 Å². The molecule has 0 aliphatic rings. The van der Waals surface area contributed by atoms with Crippen LogP contribution in [0.25, 0.3) is 0 Å². The van der Waals surface area contributed by atoms with Crippen molar-refractivity contribution >= 4 is 23.2 Å². The van der Waals surface area contributed by atoms with E-state index in [1.54, 1.807) is 12.3 Å². The van der Waals surface area contributed by atoms with E-state index in [0.717, 1.165) is 34.9 Å². The van der Waals surface area contributed by atoms with E-state index >= 15 is 0 Å². The van der Waals surface area contributed by atoms with Gasteiger partial charge in [0, 0.05) is 21.7 Å². The monoisotopic (exact) mass is 297 g/mol. The van der Waals surface area contributed by atoms with Crippen molar-refractivity contribution in [1.82, 2.24) is 5.32 Å². The van der Waals surface area contributed by atoms with Crippen LogP contribution in [0.1, 0.15) is 29.9 Å². The molecule has 0 bridgehead atoms. The van der Waals surface area contributed by atoms with Gasteiger partial charge < -0.3 is 9.73 Å². The average molecular weight is 298 g/mol. The topological polar surface area (TPSA) is 25.2 Å². The van der Waals surface area contributed by atoms with Crippen LogP contribution in [0.2, 0.25) is 10.0 Å². The Balaban J connectivity index is 2.23. The van der Waals surface area contributed by atoms with Crippen LogP contribution in [0.3, 0.4) is 0 Å². The first-order chi connectivity index (χ1) is 9.10. The first kappa shape index (κ1) is 14.4. The highest BCUT2D eigenvalue weighted by molar-refractivity contribution is 6.33. The van der Waals surface area contributed by atoms with Gasteiger partial charge >= 0.3 is 0 Å². The third-order valence-electron chi connectivity index (χ3n) is 3.04. The molecule has 1 N–H and O–H groups in total. The highest BCUT2D eigenvalue weighted by atomic mass is 35.5. The molecular weight excluding hydrogens is 281 g/mol. The third kappa shape index (κ3) is 3.75. The number of rotatable bonds is 5. The minimum Gasteiger partial charge on any atom is -0.469 e. The molecule has 2 nitrogen and oxygen atoms in total. The van der Waals surface area contributed by atoms with E-state index in [-0.39, 0.29) is 6.04 Å². The fourth-order valence-electron chi connectivity index (χ4n) is 2.12. The summed E-state index contributed by atoms with van der Waals surface area (Å²) < 4.78 is 5.38. The highest BCUT2D eigenvalue weighted by Gasteiger charge is 2.15. The predicted molar refractivity (Wildman–Crippen MR) is 80.0 cm³/mol. The fourth-order valence-corrected chi connectivity index (χ4v) is 2.51. The van der Waals surface area contributed by atoms with Crippen LogP contribution in [0.15, 0.2) is 34.9 Å². The lowest BCUT2D eigenvalue weighted by Crippen LogP contribution is -2.22. The fraction of sp³-hybridized carbons (Fsp3) is 0.333. The molecule has 1 atom stereocenters. The Morgan fingerprint density at radius 3 is 2.68 bits per heavy atom. The van der Waals surface area contributed by atoms with Gasteiger partial charge in [-0.15, -0.1) is 0 Å². The van der Waals surface area contributed by atoms with E-state index in [0.29, 0.717) is 5.02 Å². The van der Waals surface area contributed by atoms with Crippen LogP contribution in [0.4, 0.5) is 0 Å². The zero-order valence-corrected chi connectivity index (χ0v) is 12.6. The molecule has 0 spiro atoms. The van der Waals surface area contributed by atoms with Crippen molar-refractivity contribution in [3.8, 4) is 0 Å². The smallest absolute Gasteiger partial charge is 0.101 e. The van der Waals surface area contributed by atoms with Gasteiger partial charge in [0.25, 0.3) is 0 Å². The van der Waals surface area contributed by atoms with E-state index in [1.165, 1.54) is 0 Å². The molecule has 1 unspecified atom stereocenters. The second-order valence-electron chi connectivity index (χ2n) is 4.54. The van der Waals surface area contributed by atoms with Gasteiger partial charge in [0.2, 0.25) is 0 Å². The van der Waals surface area contributed by atoms with E-state index in [9.17, 15) is 0 Å². The highest BCUT2D eigenvalue weighted by Crippen LogP contribution is 2.27.